The standard InChI is InChI=1S/C15H29NO/c1-3-5-11-17-14-12-13(16-4-2)15(14)9-7-6-8-10-15/h13-14,16H,3-12H2,1-2H3. The lowest BCUT2D eigenvalue weighted by Gasteiger charge is -2.58. The smallest absolute Gasteiger partial charge is 0.0661 e. The van der Waals surface area contributed by atoms with E-state index in [1.807, 2.05) is 0 Å². The molecule has 0 aliphatic heterocycles. The Balaban J connectivity index is 1.89. The molecular formula is C15H29NO. The fourth-order valence-electron chi connectivity index (χ4n) is 3.76. The van der Waals surface area contributed by atoms with E-state index in [2.05, 4.69) is 19.2 Å². The summed E-state index contributed by atoms with van der Waals surface area (Å²) < 4.78 is 6.15. The van der Waals surface area contributed by atoms with Gasteiger partial charge in [0.25, 0.3) is 0 Å². The van der Waals surface area contributed by atoms with Gasteiger partial charge in [0.1, 0.15) is 0 Å². The van der Waals surface area contributed by atoms with Crippen molar-refractivity contribution in [3.63, 3.8) is 0 Å². The summed E-state index contributed by atoms with van der Waals surface area (Å²) in [7, 11) is 0. The van der Waals surface area contributed by atoms with E-state index >= 15 is 0 Å². The molecule has 0 bridgehead atoms. The molecular weight excluding hydrogens is 210 g/mol. The maximum Gasteiger partial charge on any atom is 0.0661 e. The van der Waals surface area contributed by atoms with Crippen molar-refractivity contribution in [2.45, 2.75) is 77.4 Å². The van der Waals surface area contributed by atoms with Crippen LogP contribution in [0, 0.1) is 5.41 Å². The molecule has 0 radical (unpaired) electrons. The van der Waals surface area contributed by atoms with Crippen LogP contribution in [0.5, 0.6) is 0 Å². The van der Waals surface area contributed by atoms with E-state index in [0.717, 1.165) is 19.2 Å². The normalized spacial score (nSPS) is 31.4. The lowest BCUT2D eigenvalue weighted by molar-refractivity contribution is -0.152. The Morgan fingerprint density at radius 1 is 1.18 bits per heavy atom. The van der Waals surface area contributed by atoms with Gasteiger partial charge in [-0.05, 0) is 32.2 Å². The maximum atomic E-state index is 6.15. The third-order valence-corrected chi connectivity index (χ3v) is 4.84. The average molecular weight is 239 g/mol. The van der Waals surface area contributed by atoms with E-state index in [9.17, 15) is 0 Å². The molecule has 0 heterocycles. The van der Waals surface area contributed by atoms with Crippen LogP contribution >= 0.6 is 0 Å². The highest BCUT2D eigenvalue weighted by molar-refractivity contribution is 5.08. The predicted octanol–water partition coefficient (Wildman–Crippen LogP) is 3.50. The summed E-state index contributed by atoms with van der Waals surface area (Å²) in [6.07, 6.45) is 11.3. The third-order valence-electron chi connectivity index (χ3n) is 4.84. The van der Waals surface area contributed by atoms with Gasteiger partial charge in [0.05, 0.1) is 6.10 Å². The topological polar surface area (TPSA) is 21.3 Å². The summed E-state index contributed by atoms with van der Waals surface area (Å²) in [5.74, 6) is 0. The first-order valence-corrected chi connectivity index (χ1v) is 7.68. The molecule has 2 rings (SSSR count). The van der Waals surface area contributed by atoms with Crippen molar-refractivity contribution in [2.75, 3.05) is 13.2 Å². The molecule has 2 fully saturated rings. The number of nitrogens with one attached hydrogen (secondary N) is 1. The van der Waals surface area contributed by atoms with Gasteiger partial charge in [0.15, 0.2) is 0 Å². The zero-order valence-corrected chi connectivity index (χ0v) is 11.6. The molecule has 17 heavy (non-hydrogen) atoms. The monoisotopic (exact) mass is 239 g/mol. The van der Waals surface area contributed by atoms with Gasteiger partial charge in [0, 0.05) is 18.1 Å². The van der Waals surface area contributed by atoms with Gasteiger partial charge in [0.2, 0.25) is 0 Å². The first-order chi connectivity index (χ1) is 8.33. The number of rotatable bonds is 6. The van der Waals surface area contributed by atoms with Gasteiger partial charge in [-0.1, -0.05) is 39.5 Å². The SMILES string of the molecule is CCCCOC1CC(NCC)C12CCCCC2. The fraction of sp³-hybridized carbons (Fsp3) is 1.00. The van der Waals surface area contributed by atoms with Gasteiger partial charge in [-0.15, -0.1) is 0 Å². The summed E-state index contributed by atoms with van der Waals surface area (Å²) >= 11 is 0. The van der Waals surface area contributed by atoms with E-state index in [1.165, 1.54) is 51.4 Å². The highest BCUT2D eigenvalue weighted by Crippen LogP contribution is 2.53. The van der Waals surface area contributed by atoms with E-state index < -0.39 is 0 Å². The van der Waals surface area contributed by atoms with Crippen molar-refractivity contribution >= 4 is 0 Å². The highest BCUT2D eigenvalue weighted by Gasteiger charge is 2.55. The number of ether oxygens (including phenoxy) is 1. The van der Waals surface area contributed by atoms with Crippen LogP contribution in [0.25, 0.3) is 0 Å². The van der Waals surface area contributed by atoms with Crippen LogP contribution in [0.4, 0.5) is 0 Å². The molecule has 2 heteroatoms. The lowest BCUT2D eigenvalue weighted by atomic mass is 9.55. The molecule has 2 aliphatic carbocycles. The summed E-state index contributed by atoms with van der Waals surface area (Å²) in [5.41, 5.74) is 0.502. The van der Waals surface area contributed by atoms with E-state index in [4.69, 9.17) is 4.74 Å². The van der Waals surface area contributed by atoms with Gasteiger partial charge >= 0.3 is 0 Å². The minimum atomic E-state index is 0.502. The summed E-state index contributed by atoms with van der Waals surface area (Å²) in [6.45, 7) is 6.54. The van der Waals surface area contributed by atoms with Gasteiger partial charge < -0.3 is 10.1 Å². The minimum absolute atomic E-state index is 0.502. The van der Waals surface area contributed by atoms with Crippen molar-refractivity contribution in [1.82, 2.24) is 5.32 Å². The Morgan fingerprint density at radius 2 is 1.94 bits per heavy atom. The van der Waals surface area contributed by atoms with Crippen LogP contribution < -0.4 is 5.32 Å². The van der Waals surface area contributed by atoms with Crippen LogP contribution in [0.2, 0.25) is 0 Å². The summed E-state index contributed by atoms with van der Waals surface area (Å²) in [4.78, 5) is 0. The van der Waals surface area contributed by atoms with Crippen LogP contribution in [0.15, 0.2) is 0 Å². The van der Waals surface area contributed by atoms with Crippen molar-refractivity contribution in [1.29, 1.82) is 0 Å². The predicted molar refractivity (Wildman–Crippen MR) is 72.2 cm³/mol. The molecule has 2 nitrogen and oxygen atoms in total. The first-order valence-electron chi connectivity index (χ1n) is 7.68. The van der Waals surface area contributed by atoms with Crippen molar-refractivity contribution < 1.29 is 4.74 Å². The molecule has 1 spiro atoms. The Bertz CT molecular complexity index is 221. The summed E-state index contributed by atoms with van der Waals surface area (Å²) in [6, 6.07) is 0.736. The van der Waals surface area contributed by atoms with E-state index in [-0.39, 0.29) is 0 Å². The molecule has 2 unspecified atom stereocenters. The van der Waals surface area contributed by atoms with Crippen LogP contribution in [0.3, 0.4) is 0 Å². The first kappa shape index (κ1) is 13.4. The zero-order valence-electron chi connectivity index (χ0n) is 11.6. The molecule has 2 saturated carbocycles. The van der Waals surface area contributed by atoms with E-state index in [0.29, 0.717) is 11.5 Å². The van der Waals surface area contributed by atoms with Crippen LogP contribution in [-0.2, 0) is 4.74 Å². The second-order valence-corrected chi connectivity index (χ2v) is 5.85. The number of hydrogen-bond donors (Lipinski definition) is 1. The van der Waals surface area contributed by atoms with Crippen LogP contribution in [0.1, 0.15) is 65.2 Å². The van der Waals surface area contributed by atoms with Crippen molar-refractivity contribution in [3.8, 4) is 0 Å². The molecule has 0 aromatic rings. The van der Waals surface area contributed by atoms with Gasteiger partial charge in [-0.2, -0.15) is 0 Å². The molecule has 0 aromatic heterocycles. The Kier molecular flexibility index (Phi) is 4.87. The molecule has 100 valence electrons. The molecule has 0 aromatic carbocycles. The van der Waals surface area contributed by atoms with Gasteiger partial charge in [-0.25, -0.2) is 0 Å². The Hall–Kier alpha value is -0.0800. The minimum Gasteiger partial charge on any atom is -0.378 e. The fourth-order valence-corrected chi connectivity index (χ4v) is 3.76. The molecule has 2 atom stereocenters. The zero-order chi connectivity index (χ0) is 12.1. The second-order valence-electron chi connectivity index (χ2n) is 5.85. The molecule has 0 amide bonds. The maximum absolute atomic E-state index is 6.15. The molecule has 1 N–H and O–H groups in total. The Labute approximate surface area is 107 Å². The van der Waals surface area contributed by atoms with Crippen LogP contribution in [-0.4, -0.2) is 25.3 Å². The molecule has 2 aliphatic rings. The summed E-state index contributed by atoms with van der Waals surface area (Å²) in [5, 5.41) is 3.68. The average Bonchev–Trinajstić information content (AvgIpc) is 2.38. The van der Waals surface area contributed by atoms with Crippen molar-refractivity contribution in [3.05, 3.63) is 0 Å². The van der Waals surface area contributed by atoms with Crippen molar-refractivity contribution in [2.24, 2.45) is 5.41 Å². The third kappa shape index (κ3) is 2.68. The number of unbranched alkanes of at least 4 members (excludes halogenated alkanes) is 1. The lowest BCUT2D eigenvalue weighted by Crippen LogP contribution is -2.64. The van der Waals surface area contributed by atoms with Gasteiger partial charge in [-0.3, -0.25) is 0 Å². The van der Waals surface area contributed by atoms with E-state index in [1.54, 1.807) is 0 Å². The largest absolute Gasteiger partial charge is 0.378 e. The number of hydrogen-bond acceptors (Lipinski definition) is 2. The second kappa shape index (κ2) is 6.19. The highest BCUT2D eigenvalue weighted by atomic mass is 16.5. The molecule has 0 saturated heterocycles. The quantitative estimate of drug-likeness (QED) is 0.716. The Morgan fingerprint density at radius 3 is 2.59 bits per heavy atom.